The van der Waals surface area contributed by atoms with Gasteiger partial charge in [-0.15, -0.1) is 0 Å². The second-order valence-corrected chi connectivity index (χ2v) is 6.55. The molecule has 2 aromatic carbocycles. The van der Waals surface area contributed by atoms with Crippen LogP contribution in [0.5, 0.6) is 0 Å². The molecule has 1 amide bonds. The molecular weight excluding hydrogens is 358 g/mol. The predicted molar refractivity (Wildman–Crippen MR) is 105 cm³/mol. The molecule has 4 rings (SSSR count). The van der Waals surface area contributed by atoms with Crippen LogP contribution in [0.1, 0.15) is 10.6 Å². The zero-order chi connectivity index (χ0) is 19.5. The van der Waals surface area contributed by atoms with Crippen molar-refractivity contribution in [3.05, 3.63) is 82.8 Å². The van der Waals surface area contributed by atoms with Gasteiger partial charge in [0, 0.05) is 37.8 Å². The SMILES string of the molecule is O=C(c1occc1-c1ccccc1)N1CCN(c2ccccc2[N+](=O)[O-])CC1. The van der Waals surface area contributed by atoms with E-state index in [1.807, 2.05) is 35.2 Å². The Labute approximate surface area is 161 Å². The summed E-state index contributed by atoms with van der Waals surface area (Å²) in [6, 6.07) is 18.1. The molecule has 7 heteroatoms. The highest BCUT2D eigenvalue weighted by atomic mass is 16.6. The topological polar surface area (TPSA) is 79.8 Å². The second-order valence-electron chi connectivity index (χ2n) is 6.55. The molecule has 1 aromatic heterocycles. The first kappa shape index (κ1) is 17.8. The number of furan rings is 1. The number of carbonyl (C=O) groups excluding carboxylic acids is 1. The number of piperazine rings is 1. The molecule has 28 heavy (non-hydrogen) atoms. The van der Waals surface area contributed by atoms with E-state index in [0.717, 1.165) is 11.1 Å². The molecule has 0 N–H and O–H groups in total. The molecule has 1 saturated heterocycles. The third kappa shape index (κ3) is 3.34. The van der Waals surface area contributed by atoms with Crippen molar-refractivity contribution in [1.29, 1.82) is 0 Å². The Balaban J connectivity index is 1.49. The summed E-state index contributed by atoms with van der Waals surface area (Å²) >= 11 is 0. The minimum absolute atomic E-state index is 0.0830. The fourth-order valence-electron chi connectivity index (χ4n) is 3.50. The van der Waals surface area contributed by atoms with E-state index in [-0.39, 0.29) is 16.5 Å². The molecule has 0 radical (unpaired) electrons. The summed E-state index contributed by atoms with van der Waals surface area (Å²) in [4.78, 5) is 27.6. The number of carbonyl (C=O) groups is 1. The maximum absolute atomic E-state index is 13.0. The number of rotatable bonds is 4. The summed E-state index contributed by atoms with van der Waals surface area (Å²) in [7, 11) is 0. The van der Waals surface area contributed by atoms with Crippen LogP contribution < -0.4 is 4.90 Å². The van der Waals surface area contributed by atoms with E-state index >= 15 is 0 Å². The maximum Gasteiger partial charge on any atom is 0.292 e. The van der Waals surface area contributed by atoms with Gasteiger partial charge in [-0.05, 0) is 17.7 Å². The Morgan fingerprint density at radius 1 is 0.929 bits per heavy atom. The standard InChI is InChI=1S/C21H19N3O4/c25-21(20-17(10-15-28-20)16-6-2-1-3-7-16)23-13-11-22(12-14-23)18-8-4-5-9-19(18)24(26)27/h1-10,15H,11-14H2. The van der Waals surface area contributed by atoms with E-state index < -0.39 is 0 Å². The molecule has 0 bridgehead atoms. The minimum Gasteiger partial charge on any atom is -0.459 e. The van der Waals surface area contributed by atoms with Crippen molar-refractivity contribution >= 4 is 17.3 Å². The van der Waals surface area contributed by atoms with Crippen LogP contribution in [0.2, 0.25) is 0 Å². The Morgan fingerprint density at radius 3 is 2.32 bits per heavy atom. The average Bonchev–Trinajstić information content (AvgIpc) is 3.24. The van der Waals surface area contributed by atoms with Crippen molar-refractivity contribution in [2.75, 3.05) is 31.1 Å². The molecule has 0 atom stereocenters. The van der Waals surface area contributed by atoms with Gasteiger partial charge in [0.2, 0.25) is 0 Å². The van der Waals surface area contributed by atoms with E-state index in [9.17, 15) is 14.9 Å². The summed E-state index contributed by atoms with van der Waals surface area (Å²) < 4.78 is 5.50. The molecule has 3 aromatic rings. The molecule has 0 unspecified atom stereocenters. The first-order valence-corrected chi connectivity index (χ1v) is 9.05. The van der Waals surface area contributed by atoms with Gasteiger partial charge in [-0.2, -0.15) is 0 Å². The van der Waals surface area contributed by atoms with E-state index in [1.165, 1.54) is 12.3 Å². The summed E-state index contributed by atoms with van der Waals surface area (Å²) in [5.74, 6) is 0.163. The molecule has 0 saturated carbocycles. The average molecular weight is 377 g/mol. The highest BCUT2D eigenvalue weighted by molar-refractivity contribution is 5.98. The monoisotopic (exact) mass is 377 g/mol. The Bertz CT molecular complexity index is 992. The van der Waals surface area contributed by atoms with Crippen molar-refractivity contribution in [3.8, 4) is 11.1 Å². The Morgan fingerprint density at radius 2 is 1.61 bits per heavy atom. The third-order valence-electron chi connectivity index (χ3n) is 4.93. The minimum atomic E-state index is -0.373. The lowest BCUT2D eigenvalue weighted by Gasteiger charge is -2.35. The zero-order valence-electron chi connectivity index (χ0n) is 15.2. The lowest BCUT2D eigenvalue weighted by atomic mass is 10.1. The molecular formula is C21H19N3O4. The van der Waals surface area contributed by atoms with Gasteiger partial charge < -0.3 is 14.2 Å². The van der Waals surface area contributed by atoms with Crippen molar-refractivity contribution in [2.24, 2.45) is 0 Å². The van der Waals surface area contributed by atoms with Gasteiger partial charge in [-0.25, -0.2) is 0 Å². The van der Waals surface area contributed by atoms with Gasteiger partial charge in [-0.1, -0.05) is 42.5 Å². The van der Waals surface area contributed by atoms with Gasteiger partial charge in [-0.3, -0.25) is 14.9 Å². The molecule has 142 valence electrons. The fourth-order valence-corrected chi connectivity index (χ4v) is 3.50. The van der Waals surface area contributed by atoms with Crippen molar-refractivity contribution in [3.63, 3.8) is 0 Å². The number of hydrogen-bond acceptors (Lipinski definition) is 5. The Kier molecular flexibility index (Phi) is 4.80. The van der Waals surface area contributed by atoms with Crippen LogP contribution in [0.15, 0.2) is 71.3 Å². The van der Waals surface area contributed by atoms with Crippen molar-refractivity contribution < 1.29 is 14.1 Å². The smallest absolute Gasteiger partial charge is 0.292 e. The van der Waals surface area contributed by atoms with Crippen LogP contribution in [-0.4, -0.2) is 41.9 Å². The first-order chi connectivity index (χ1) is 13.6. The summed E-state index contributed by atoms with van der Waals surface area (Å²) in [5, 5.41) is 11.3. The van der Waals surface area contributed by atoms with Crippen molar-refractivity contribution in [1.82, 2.24) is 4.90 Å². The first-order valence-electron chi connectivity index (χ1n) is 9.05. The predicted octanol–water partition coefficient (Wildman–Crippen LogP) is 3.82. The quantitative estimate of drug-likeness (QED) is 0.510. The molecule has 2 heterocycles. The van der Waals surface area contributed by atoms with Gasteiger partial charge in [0.15, 0.2) is 5.76 Å². The number of nitro groups is 1. The van der Waals surface area contributed by atoms with E-state index in [0.29, 0.717) is 37.6 Å². The number of anilines is 1. The number of amides is 1. The lowest BCUT2D eigenvalue weighted by molar-refractivity contribution is -0.384. The lowest BCUT2D eigenvalue weighted by Crippen LogP contribution is -2.49. The van der Waals surface area contributed by atoms with Crippen LogP contribution in [0.3, 0.4) is 0 Å². The summed E-state index contributed by atoms with van der Waals surface area (Å²) in [6.45, 7) is 2.00. The van der Waals surface area contributed by atoms with E-state index in [1.54, 1.807) is 29.2 Å². The maximum atomic E-state index is 13.0. The second kappa shape index (κ2) is 7.56. The summed E-state index contributed by atoms with van der Waals surface area (Å²) in [5.41, 5.74) is 2.37. The van der Waals surface area contributed by atoms with Gasteiger partial charge >= 0.3 is 0 Å². The van der Waals surface area contributed by atoms with E-state index in [4.69, 9.17) is 4.42 Å². The largest absolute Gasteiger partial charge is 0.459 e. The molecule has 0 spiro atoms. The van der Waals surface area contributed by atoms with Crippen LogP contribution in [-0.2, 0) is 0 Å². The molecule has 7 nitrogen and oxygen atoms in total. The third-order valence-corrected chi connectivity index (χ3v) is 4.93. The van der Waals surface area contributed by atoms with Crippen LogP contribution in [0.4, 0.5) is 11.4 Å². The van der Waals surface area contributed by atoms with Gasteiger partial charge in [0.05, 0.1) is 11.2 Å². The number of nitrogens with zero attached hydrogens (tertiary/aromatic N) is 3. The van der Waals surface area contributed by atoms with Crippen LogP contribution >= 0.6 is 0 Å². The molecule has 1 aliphatic heterocycles. The highest BCUT2D eigenvalue weighted by Gasteiger charge is 2.28. The fraction of sp³-hybridized carbons (Fsp3) is 0.190. The van der Waals surface area contributed by atoms with Crippen LogP contribution in [0.25, 0.3) is 11.1 Å². The number of para-hydroxylation sites is 2. The molecule has 1 fully saturated rings. The molecule has 0 aliphatic carbocycles. The number of hydrogen-bond donors (Lipinski definition) is 0. The van der Waals surface area contributed by atoms with Gasteiger partial charge in [0.25, 0.3) is 11.6 Å². The number of benzene rings is 2. The Hall–Kier alpha value is -3.61. The summed E-state index contributed by atoms with van der Waals surface area (Å²) in [6.07, 6.45) is 1.53. The van der Waals surface area contributed by atoms with Crippen molar-refractivity contribution in [2.45, 2.75) is 0 Å². The normalized spacial score (nSPS) is 14.1. The van der Waals surface area contributed by atoms with Crippen LogP contribution in [0, 0.1) is 10.1 Å². The zero-order valence-corrected chi connectivity index (χ0v) is 15.2. The van der Waals surface area contributed by atoms with E-state index in [2.05, 4.69) is 0 Å². The highest BCUT2D eigenvalue weighted by Crippen LogP contribution is 2.30. The number of nitro benzene ring substituents is 1. The van der Waals surface area contributed by atoms with Gasteiger partial charge in [0.1, 0.15) is 5.69 Å². The molecule has 1 aliphatic rings.